The second-order valence-electron chi connectivity index (χ2n) is 7.09. The van der Waals surface area contributed by atoms with Crippen LogP contribution in [-0.2, 0) is 9.53 Å². The zero-order chi connectivity index (χ0) is 20.9. The Kier molecular flexibility index (Phi) is 6.23. The molecule has 0 aliphatic carbocycles. The molecule has 154 valence electrons. The quantitative estimate of drug-likeness (QED) is 0.649. The Morgan fingerprint density at radius 3 is 2.50 bits per heavy atom. The summed E-state index contributed by atoms with van der Waals surface area (Å²) in [4.78, 5) is 20.0. The highest BCUT2D eigenvalue weighted by Gasteiger charge is 2.33. The Hall–Kier alpha value is -2.99. The summed E-state index contributed by atoms with van der Waals surface area (Å²) in [6, 6.07) is 17.6. The Morgan fingerprint density at radius 1 is 1.13 bits per heavy atom. The van der Waals surface area contributed by atoms with Gasteiger partial charge in [-0.1, -0.05) is 42.1 Å². The van der Waals surface area contributed by atoms with Gasteiger partial charge >= 0.3 is 5.97 Å². The summed E-state index contributed by atoms with van der Waals surface area (Å²) in [7, 11) is 0. The molecule has 0 radical (unpaired) electrons. The van der Waals surface area contributed by atoms with Gasteiger partial charge in [0.25, 0.3) is 0 Å². The van der Waals surface area contributed by atoms with Gasteiger partial charge < -0.3 is 14.7 Å². The number of anilines is 1. The van der Waals surface area contributed by atoms with Gasteiger partial charge in [-0.25, -0.2) is 9.79 Å². The summed E-state index contributed by atoms with van der Waals surface area (Å²) >= 11 is 1.28. The van der Waals surface area contributed by atoms with Gasteiger partial charge in [-0.05, 0) is 55.7 Å². The number of carbonyl (C=O) groups excluding carboxylic acids is 1. The summed E-state index contributed by atoms with van der Waals surface area (Å²) in [5.41, 5.74) is 3.00. The van der Waals surface area contributed by atoms with Crippen LogP contribution in [0.4, 0.5) is 11.4 Å². The molecule has 4 rings (SSSR count). The zero-order valence-electron chi connectivity index (χ0n) is 16.9. The number of ether oxygens (including phenoxy) is 1. The van der Waals surface area contributed by atoms with Gasteiger partial charge in [-0.15, -0.1) is 0 Å². The summed E-state index contributed by atoms with van der Waals surface area (Å²) in [5.74, 6) is -0.651. The van der Waals surface area contributed by atoms with Gasteiger partial charge in [0, 0.05) is 18.8 Å². The molecule has 0 amide bonds. The van der Waals surface area contributed by atoms with Crippen molar-refractivity contribution in [2.75, 3.05) is 24.6 Å². The van der Waals surface area contributed by atoms with Crippen LogP contribution in [0.1, 0.15) is 25.3 Å². The number of aliphatic hydroxyl groups is 1. The molecule has 5 nitrogen and oxygen atoms in total. The van der Waals surface area contributed by atoms with Crippen LogP contribution < -0.4 is 4.90 Å². The minimum atomic E-state index is -0.565. The molecule has 0 bridgehead atoms. The fourth-order valence-corrected chi connectivity index (χ4v) is 4.55. The first-order valence-electron chi connectivity index (χ1n) is 10.1. The molecule has 0 unspecified atom stereocenters. The van der Waals surface area contributed by atoms with E-state index in [9.17, 15) is 9.90 Å². The van der Waals surface area contributed by atoms with E-state index in [1.165, 1.54) is 30.3 Å². The number of thioether (sulfide) groups is 1. The lowest BCUT2D eigenvalue weighted by atomic mass is 10.1. The molecule has 0 atom stereocenters. The number of hydrogen-bond acceptors (Lipinski definition) is 6. The minimum absolute atomic E-state index is 0.0863. The van der Waals surface area contributed by atoms with Crippen LogP contribution in [0, 0.1) is 0 Å². The normalized spacial score (nSPS) is 19.2. The van der Waals surface area contributed by atoms with Crippen LogP contribution >= 0.6 is 11.8 Å². The highest BCUT2D eigenvalue weighted by Crippen LogP contribution is 2.40. The largest absolute Gasteiger partial charge is 0.506 e. The maximum Gasteiger partial charge on any atom is 0.344 e. The molecule has 1 fully saturated rings. The van der Waals surface area contributed by atoms with Gasteiger partial charge in [0.15, 0.2) is 0 Å². The van der Waals surface area contributed by atoms with Crippen LogP contribution in [0.3, 0.4) is 0 Å². The van der Waals surface area contributed by atoms with E-state index in [0.29, 0.717) is 15.6 Å². The monoisotopic (exact) mass is 420 g/mol. The number of para-hydroxylation sites is 1. The summed E-state index contributed by atoms with van der Waals surface area (Å²) in [5, 5.41) is 11.2. The number of benzene rings is 2. The molecule has 0 saturated carbocycles. The third kappa shape index (κ3) is 4.44. The van der Waals surface area contributed by atoms with Crippen molar-refractivity contribution in [2.45, 2.75) is 19.8 Å². The fourth-order valence-electron chi connectivity index (χ4n) is 3.52. The van der Waals surface area contributed by atoms with Crippen LogP contribution in [0.5, 0.6) is 0 Å². The van der Waals surface area contributed by atoms with E-state index < -0.39 is 5.97 Å². The van der Waals surface area contributed by atoms with Gasteiger partial charge in [0.05, 0.1) is 17.2 Å². The van der Waals surface area contributed by atoms with Crippen molar-refractivity contribution in [1.82, 2.24) is 0 Å². The van der Waals surface area contributed by atoms with Crippen molar-refractivity contribution in [3.8, 4) is 0 Å². The number of esters is 1. The molecule has 2 heterocycles. The van der Waals surface area contributed by atoms with Gasteiger partial charge in [-0.2, -0.15) is 0 Å². The van der Waals surface area contributed by atoms with E-state index in [-0.39, 0.29) is 17.9 Å². The molecule has 2 aliphatic rings. The Balaban J connectivity index is 1.64. The van der Waals surface area contributed by atoms with E-state index >= 15 is 0 Å². The molecule has 6 heteroatoms. The lowest BCUT2D eigenvalue weighted by Gasteiger charge is -2.17. The van der Waals surface area contributed by atoms with E-state index in [2.05, 4.69) is 22.0 Å². The Labute approximate surface area is 180 Å². The SMILES string of the molecule is CCOC(=O)C1=C(O)C(=Cc2ccc(N3CCCC3)cc2)SC1=Nc1ccccc1. The fraction of sp³-hybridized carbons (Fsp3) is 0.250. The minimum Gasteiger partial charge on any atom is -0.506 e. The summed E-state index contributed by atoms with van der Waals surface area (Å²) in [6.07, 6.45) is 4.35. The first-order chi connectivity index (χ1) is 14.7. The maximum absolute atomic E-state index is 12.5. The first kappa shape index (κ1) is 20.3. The van der Waals surface area contributed by atoms with Gasteiger partial charge in [0.2, 0.25) is 0 Å². The van der Waals surface area contributed by atoms with E-state index in [1.54, 1.807) is 6.92 Å². The first-order valence-corrected chi connectivity index (χ1v) is 11.0. The molecular weight excluding hydrogens is 396 g/mol. The van der Waals surface area contributed by atoms with Crippen molar-refractivity contribution in [1.29, 1.82) is 0 Å². The number of rotatable bonds is 5. The lowest BCUT2D eigenvalue weighted by Crippen LogP contribution is -2.17. The maximum atomic E-state index is 12.5. The average molecular weight is 421 g/mol. The molecule has 0 aromatic heterocycles. The summed E-state index contributed by atoms with van der Waals surface area (Å²) < 4.78 is 5.15. The van der Waals surface area contributed by atoms with Crippen LogP contribution in [-0.4, -0.2) is 35.8 Å². The molecule has 1 N–H and O–H groups in total. The van der Waals surface area contributed by atoms with Crippen LogP contribution in [0.15, 0.2) is 75.8 Å². The van der Waals surface area contributed by atoms with Crippen molar-refractivity contribution in [2.24, 2.45) is 4.99 Å². The number of carbonyl (C=O) groups is 1. The standard InChI is InChI=1S/C24H24N2O3S/c1-2-29-24(28)21-22(27)20(30-23(21)25-18-8-4-3-5-9-18)16-17-10-12-19(13-11-17)26-14-6-7-15-26/h3-5,8-13,16,27H,2,6-7,14-15H2,1H3. The Morgan fingerprint density at radius 2 is 1.83 bits per heavy atom. The van der Waals surface area contributed by atoms with E-state index in [4.69, 9.17) is 4.74 Å². The molecule has 2 aromatic carbocycles. The van der Waals surface area contributed by atoms with E-state index in [1.807, 2.05) is 48.5 Å². The van der Waals surface area contributed by atoms with Crippen LogP contribution in [0.25, 0.3) is 6.08 Å². The molecule has 1 saturated heterocycles. The second kappa shape index (κ2) is 9.22. The highest BCUT2D eigenvalue weighted by molar-refractivity contribution is 8.18. The summed E-state index contributed by atoms with van der Waals surface area (Å²) in [6.45, 7) is 4.17. The molecule has 2 aliphatic heterocycles. The number of nitrogens with zero attached hydrogens (tertiary/aromatic N) is 2. The van der Waals surface area contributed by atoms with Crippen LogP contribution in [0.2, 0.25) is 0 Å². The predicted molar refractivity (Wildman–Crippen MR) is 123 cm³/mol. The van der Waals surface area contributed by atoms with Gasteiger partial charge in [-0.3, -0.25) is 0 Å². The third-order valence-corrected chi connectivity index (χ3v) is 6.04. The smallest absolute Gasteiger partial charge is 0.344 e. The Bertz CT molecular complexity index is 1000. The molecule has 30 heavy (non-hydrogen) atoms. The predicted octanol–water partition coefficient (Wildman–Crippen LogP) is 5.48. The number of hydrogen-bond donors (Lipinski definition) is 1. The van der Waals surface area contributed by atoms with Gasteiger partial charge in [0.1, 0.15) is 16.4 Å². The second-order valence-corrected chi connectivity index (χ2v) is 8.12. The molecule has 0 spiro atoms. The molecular formula is C24H24N2O3S. The molecule has 2 aromatic rings. The number of aliphatic imine (C=N–C) groups is 1. The number of aliphatic hydroxyl groups excluding tert-OH is 1. The average Bonchev–Trinajstić information content (AvgIpc) is 3.39. The highest BCUT2D eigenvalue weighted by atomic mass is 32.2. The van der Waals surface area contributed by atoms with E-state index in [0.717, 1.165) is 18.7 Å². The zero-order valence-corrected chi connectivity index (χ0v) is 17.7. The third-order valence-electron chi connectivity index (χ3n) is 5.02. The van der Waals surface area contributed by atoms with Crippen molar-refractivity contribution < 1.29 is 14.6 Å². The van der Waals surface area contributed by atoms with Crippen molar-refractivity contribution in [3.63, 3.8) is 0 Å². The van der Waals surface area contributed by atoms with Crippen molar-refractivity contribution >= 4 is 40.2 Å². The topological polar surface area (TPSA) is 62.1 Å². The lowest BCUT2D eigenvalue weighted by molar-refractivity contribution is -0.138. The van der Waals surface area contributed by atoms with Crippen molar-refractivity contribution in [3.05, 3.63) is 76.4 Å².